The fourth-order valence-electron chi connectivity index (χ4n) is 3.76. The predicted octanol–water partition coefficient (Wildman–Crippen LogP) is 2.34. The topological polar surface area (TPSA) is 56.4 Å². The van der Waals surface area contributed by atoms with E-state index in [9.17, 15) is 0 Å². The van der Waals surface area contributed by atoms with E-state index >= 15 is 0 Å². The van der Waals surface area contributed by atoms with Crippen LogP contribution < -0.4 is 10.6 Å². The highest BCUT2D eigenvalue weighted by Crippen LogP contribution is 2.26. The molecule has 0 amide bonds. The summed E-state index contributed by atoms with van der Waals surface area (Å²) in [6, 6.07) is 7.10. The summed E-state index contributed by atoms with van der Waals surface area (Å²) in [5.41, 5.74) is 8.81. The SMILES string of the molecule is Cc1cc(N2CCN(C3CCCC3)CC2)ccc1C(=N)N. The molecule has 1 aliphatic heterocycles. The average Bonchev–Trinajstić information content (AvgIpc) is 3.01. The lowest BCUT2D eigenvalue weighted by molar-refractivity contribution is 0.187. The van der Waals surface area contributed by atoms with Crippen LogP contribution in [0.25, 0.3) is 0 Å². The normalized spacial score (nSPS) is 20.9. The molecular formula is C17H26N4. The standard InChI is InChI=1S/C17H26N4/c1-13-12-15(6-7-16(13)17(18)19)21-10-8-20(9-11-21)14-4-2-3-5-14/h6-7,12,14H,2-5,8-11H2,1H3,(H3,18,19). The van der Waals surface area contributed by atoms with E-state index in [-0.39, 0.29) is 5.84 Å². The van der Waals surface area contributed by atoms with E-state index in [2.05, 4.69) is 21.9 Å². The van der Waals surface area contributed by atoms with E-state index in [0.717, 1.165) is 30.3 Å². The van der Waals surface area contributed by atoms with Gasteiger partial charge in [0.1, 0.15) is 5.84 Å². The predicted molar refractivity (Wildman–Crippen MR) is 88.2 cm³/mol. The second kappa shape index (κ2) is 6.06. The van der Waals surface area contributed by atoms with Crippen LogP contribution in [-0.2, 0) is 0 Å². The quantitative estimate of drug-likeness (QED) is 0.662. The molecule has 1 aromatic carbocycles. The molecule has 21 heavy (non-hydrogen) atoms. The third-order valence-electron chi connectivity index (χ3n) is 5.02. The van der Waals surface area contributed by atoms with Crippen LogP contribution in [0.15, 0.2) is 18.2 Å². The van der Waals surface area contributed by atoms with Crippen LogP contribution in [0.1, 0.15) is 36.8 Å². The van der Waals surface area contributed by atoms with Crippen molar-refractivity contribution in [3.05, 3.63) is 29.3 Å². The zero-order valence-corrected chi connectivity index (χ0v) is 12.9. The van der Waals surface area contributed by atoms with Crippen molar-refractivity contribution in [2.24, 2.45) is 5.73 Å². The van der Waals surface area contributed by atoms with Crippen molar-refractivity contribution in [1.29, 1.82) is 5.41 Å². The van der Waals surface area contributed by atoms with Gasteiger partial charge in [-0.2, -0.15) is 0 Å². The van der Waals surface area contributed by atoms with Gasteiger partial charge >= 0.3 is 0 Å². The lowest BCUT2D eigenvalue weighted by Gasteiger charge is -2.39. The van der Waals surface area contributed by atoms with Crippen molar-refractivity contribution in [2.45, 2.75) is 38.6 Å². The summed E-state index contributed by atoms with van der Waals surface area (Å²) in [5.74, 6) is 0.158. The van der Waals surface area contributed by atoms with E-state index in [0.29, 0.717) is 0 Å². The number of nitrogens with two attached hydrogens (primary N) is 1. The molecule has 1 saturated heterocycles. The monoisotopic (exact) mass is 286 g/mol. The molecule has 1 aromatic rings. The van der Waals surface area contributed by atoms with Gasteiger partial charge in [-0.1, -0.05) is 12.8 Å². The fourth-order valence-corrected chi connectivity index (χ4v) is 3.76. The smallest absolute Gasteiger partial charge is 0.123 e. The molecule has 4 heteroatoms. The molecule has 0 bridgehead atoms. The number of benzene rings is 1. The lowest BCUT2D eigenvalue weighted by atomic mass is 10.1. The molecule has 0 spiro atoms. The zero-order valence-electron chi connectivity index (χ0n) is 12.9. The number of anilines is 1. The summed E-state index contributed by atoms with van der Waals surface area (Å²) in [7, 11) is 0. The largest absolute Gasteiger partial charge is 0.384 e. The minimum Gasteiger partial charge on any atom is -0.384 e. The first-order valence-corrected chi connectivity index (χ1v) is 8.09. The van der Waals surface area contributed by atoms with Gasteiger partial charge in [0.05, 0.1) is 0 Å². The average molecular weight is 286 g/mol. The van der Waals surface area contributed by atoms with E-state index in [1.54, 1.807) is 0 Å². The number of nitrogen functional groups attached to an aromatic ring is 1. The molecule has 0 aromatic heterocycles. The fraction of sp³-hybridized carbons (Fsp3) is 0.588. The first kappa shape index (κ1) is 14.4. The number of amidine groups is 1. The molecule has 1 aliphatic carbocycles. The van der Waals surface area contributed by atoms with Crippen LogP contribution in [0.5, 0.6) is 0 Å². The van der Waals surface area contributed by atoms with E-state index in [1.165, 1.54) is 44.5 Å². The van der Waals surface area contributed by atoms with Gasteiger partial charge in [0, 0.05) is 43.5 Å². The summed E-state index contributed by atoms with van der Waals surface area (Å²) in [4.78, 5) is 5.14. The van der Waals surface area contributed by atoms with Gasteiger partial charge in [-0.05, 0) is 43.5 Å². The van der Waals surface area contributed by atoms with E-state index in [4.69, 9.17) is 11.1 Å². The highest BCUT2D eigenvalue weighted by Gasteiger charge is 2.26. The Labute approximate surface area is 127 Å². The molecule has 0 atom stereocenters. The minimum atomic E-state index is 0.158. The van der Waals surface area contributed by atoms with Crippen LogP contribution in [-0.4, -0.2) is 43.0 Å². The Kier molecular flexibility index (Phi) is 4.15. The third kappa shape index (κ3) is 3.05. The van der Waals surface area contributed by atoms with Gasteiger partial charge in [-0.15, -0.1) is 0 Å². The van der Waals surface area contributed by atoms with Crippen molar-refractivity contribution in [1.82, 2.24) is 4.90 Å². The molecular weight excluding hydrogens is 260 g/mol. The van der Waals surface area contributed by atoms with E-state index in [1.807, 2.05) is 13.0 Å². The number of piperazine rings is 1. The van der Waals surface area contributed by atoms with Gasteiger partial charge < -0.3 is 10.6 Å². The van der Waals surface area contributed by atoms with Crippen molar-refractivity contribution in [3.8, 4) is 0 Å². The maximum atomic E-state index is 7.57. The molecule has 2 aliphatic rings. The van der Waals surface area contributed by atoms with Crippen LogP contribution in [0.3, 0.4) is 0 Å². The molecule has 4 nitrogen and oxygen atoms in total. The molecule has 2 fully saturated rings. The summed E-state index contributed by atoms with van der Waals surface area (Å²) in [6.07, 6.45) is 5.62. The van der Waals surface area contributed by atoms with Crippen LogP contribution in [0, 0.1) is 12.3 Å². The summed E-state index contributed by atoms with van der Waals surface area (Å²) in [6.45, 7) is 6.61. The van der Waals surface area contributed by atoms with Gasteiger partial charge in [-0.25, -0.2) is 0 Å². The minimum absolute atomic E-state index is 0.158. The number of nitrogens with zero attached hydrogens (tertiary/aromatic N) is 2. The Bertz CT molecular complexity index is 512. The maximum Gasteiger partial charge on any atom is 0.123 e. The Morgan fingerprint density at radius 2 is 1.81 bits per heavy atom. The van der Waals surface area contributed by atoms with Gasteiger partial charge in [0.25, 0.3) is 0 Å². The number of nitrogens with one attached hydrogen (secondary N) is 1. The number of hydrogen-bond acceptors (Lipinski definition) is 3. The molecule has 0 radical (unpaired) electrons. The molecule has 114 valence electrons. The Balaban J connectivity index is 1.64. The van der Waals surface area contributed by atoms with Crippen molar-refractivity contribution >= 4 is 11.5 Å². The van der Waals surface area contributed by atoms with Gasteiger partial charge in [0.2, 0.25) is 0 Å². The third-order valence-corrected chi connectivity index (χ3v) is 5.02. The molecule has 3 rings (SSSR count). The van der Waals surface area contributed by atoms with Crippen LogP contribution in [0.4, 0.5) is 5.69 Å². The highest BCUT2D eigenvalue weighted by atomic mass is 15.3. The molecule has 3 N–H and O–H groups in total. The molecule has 1 saturated carbocycles. The summed E-state index contributed by atoms with van der Waals surface area (Å²) in [5, 5.41) is 7.57. The Morgan fingerprint density at radius 1 is 1.14 bits per heavy atom. The van der Waals surface area contributed by atoms with Crippen molar-refractivity contribution in [2.75, 3.05) is 31.1 Å². The number of hydrogen-bond donors (Lipinski definition) is 2. The van der Waals surface area contributed by atoms with E-state index < -0.39 is 0 Å². The van der Waals surface area contributed by atoms with Gasteiger partial charge in [-0.3, -0.25) is 10.3 Å². The number of rotatable bonds is 3. The summed E-state index contributed by atoms with van der Waals surface area (Å²) >= 11 is 0. The Hall–Kier alpha value is -1.55. The first-order valence-electron chi connectivity index (χ1n) is 8.09. The zero-order chi connectivity index (χ0) is 14.8. The van der Waals surface area contributed by atoms with Crippen LogP contribution >= 0.6 is 0 Å². The van der Waals surface area contributed by atoms with Crippen molar-refractivity contribution in [3.63, 3.8) is 0 Å². The van der Waals surface area contributed by atoms with Crippen molar-refractivity contribution < 1.29 is 0 Å². The van der Waals surface area contributed by atoms with Crippen LogP contribution in [0.2, 0.25) is 0 Å². The first-order chi connectivity index (χ1) is 10.1. The highest BCUT2D eigenvalue weighted by molar-refractivity contribution is 5.96. The second-order valence-electron chi connectivity index (χ2n) is 6.37. The lowest BCUT2D eigenvalue weighted by Crippen LogP contribution is -2.49. The molecule has 0 unspecified atom stereocenters. The second-order valence-corrected chi connectivity index (χ2v) is 6.37. The summed E-state index contributed by atoms with van der Waals surface area (Å²) < 4.78 is 0. The number of aryl methyl sites for hydroxylation is 1. The Morgan fingerprint density at radius 3 is 2.38 bits per heavy atom. The molecule has 1 heterocycles. The van der Waals surface area contributed by atoms with Gasteiger partial charge in [0.15, 0.2) is 0 Å². The maximum absolute atomic E-state index is 7.57.